The summed E-state index contributed by atoms with van der Waals surface area (Å²) >= 11 is 0. The number of imidazole rings is 1. The highest BCUT2D eigenvalue weighted by Crippen LogP contribution is 2.36. The van der Waals surface area contributed by atoms with E-state index in [0.717, 1.165) is 16.6 Å². The maximum atomic E-state index is 13.6. The van der Waals surface area contributed by atoms with Crippen LogP contribution in [0.5, 0.6) is 0 Å². The molecule has 11 nitrogen and oxygen atoms in total. The van der Waals surface area contributed by atoms with Crippen LogP contribution < -0.4 is 0 Å². The summed E-state index contributed by atoms with van der Waals surface area (Å²) in [6.45, 7) is 0.0824. The predicted octanol–water partition coefficient (Wildman–Crippen LogP) is 3.59. The molecular weight excluding hydrogens is 524 g/mol. The lowest BCUT2D eigenvalue weighted by molar-refractivity contribution is -0.212. The maximum absolute atomic E-state index is 13.6. The van der Waals surface area contributed by atoms with E-state index in [4.69, 9.17) is 4.42 Å². The van der Waals surface area contributed by atoms with Crippen LogP contribution in [0, 0.1) is 0 Å². The summed E-state index contributed by atoms with van der Waals surface area (Å²) in [6.07, 6.45) is -7.07. The molecule has 38 heavy (non-hydrogen) atoms. The first-order valence-electron chi connectivity index (χ1n) is 10.9. The number of pyridine rings is 1. The van der Waals surface area contributed by atoms with Gasteiger partial charge in [-0.05, 0) is 24.3 Å². The van der Waals surface area contributed by atoms with Gasteiger partial charge in [0.05, 0.1) is 23.2 Å². The SMILES string of the molecule is O=C(c1nnc(-c2ccn(C(F)(F)F)n2)o1)N1CCc2[nH]cnc2[C@@H]1c1cc2cccc(C(F)(F)F)n2n1. The largest absolute Gasteiger partial charge is 0.504 e. The topological polar surface area (TPSA) is 123 Å². The number of alkyl halides is 6. The summed E-state index contributed by atoms with van der Waals surface area (Å²) in [6, 6.07) is 4.95. The molecule has 0 saturated heterocycles. The molecule has 0 saturated carbocycles. The second kappa shape index (κ2) is 8.15. The van der Waals surface area contributed by atoms with Gasteiger partial charge in [-0.25, -0.2) is 9.50 Å². The van der Waals surface area contributed by atoms with Crippen LogP contribution in [-0.4, -0.2) is 56.9 Å². The van der Waals surface area contributed by atoms with Crippen molar-refractivity contribution >= 4 is 11.4 Å². The van der Waals surface area contributed by atoms with Crippen molar-refractivity contribution in [3.63, 3.8) is 0 Å². The van der Waals surface area contributed by atoms with E-state index >= 15 is 0 Å². The smallest absolute Gasteiger partial charge is 0.411 e. The van der Waals surface area contributed by atoms with E-state index in [9.17, 15) is 31.1 Å². The summed E-state index contributed by atoms with van der Waals surface area (Å²) in [7, 11) is 0. The lowest BCUT2D eigenvalue weighted by Gasteiger charge is -2.32. The molecule has 6 rings (SSSR count). The highest BCUT2D eigenvalue weighted by molar-refractivity contribution is 5.90. The predicted molar refractivity (Wildman–Crippen MR) is 112 cm³/mol. The van der Waals surface area contributed by atoms with Gasteiger partial charge in [0, 0.05) is 24.9 Å². The Kier molecular flexibility index (Phi) is 5.08. The second-order valence-electron chi connectivity index (χ2n) is 8.26. The van der Waals surface area contributed by atoms with E-state index in [1.54, 1.807) is 0 Å². The van der Waals surface area contributed by atoms with Crippen LogP contribution in [0.2, 0.25) is 0 Å². The fourth-order valence-corrected chi connectivity index (χ4v) is 4.29. The number of H-pyrrole nitrogens is 1. The summed E-state index contributed by atoms with van der Waals surface area (Å²) in [4.78, 5) is 21.9. The van der Waals surface area contributed by atoms with Crippen LogP contribution >= 0.6 is 0 Å². The number of hydrogen-bond acceptors (Lipinski definition) is 7. The lowest BCUT2D eigenvalue weighted by atomic mass is 9.99. The molecule has 0 radical (unpaired) electrons. The van der Waals surface area contributed by atoms with E-state index in [2.05, 4.69) is 30.4 Å². The summed E-state index contributed by atoms with van der Waals surface area (Å²) in [5.41, 5.74) is -0.0334. The first-order chi connectivity index (χ1) is 18.0. The minimum Gasteiger partial charge on any atom is -0.411 e. The molecule has 0 aromatic carbocycles. The molecule has 1 amide bonds. The molecule has 1 N–H and O–H groups in total. The number of carbonyl (C=O) groups is 1. The van der Waals surface area contributed by atoms with Crippen molar-refractivity contribution in [2.24, 2.45) is 0 Å². The standard InChI is InChI=1S/C21H13F6N9O2/c22-20(23,24)14-3-1-2-10-8-13(33-36(10)14)16-15-11(28-9-29-15)4-6-34(16)19(37)18-31-30-17(38-18)12-5-7-35(32-12)21(25,26)27/h1-3,5,7-9,16H,4,6H2,(H,28,29)/t16-/m0/s1. The molecule has 0 unspecified atom stereocenters. The van der Waals surface area contributed by atoms with E-state index in [1.165, 1.54) is 29.4 Å². The normalized spacial score (nSPS) is 16.3. The Hall–Kier alpha value is -4.70. The Balaban J connectivity index is 1.38. The third kappa shape index (κ3) is 3.86. The minimum atomic E-state index is -4.76. The number of amides is 1. The van der Waals surface area contributed by atoms with Crippen LogP contribution in [0.1, 0.15) is 39.5 Å². The van der Waals surface area contributed by atoms with Crippen molar-refractivity contribution in [3.05, 3.63) is 71.5 Å². The molecule has 196 valence electrons. The molecule has 17 heteroatoms. The van der Waals surface area contributed by atoms with Crippen LogP contribution in [0.4, 0.5) is 26.3 Å². The molecule has 1 atom stereocenters. The van der Waals surface area contributed by atoms with Crippen molar-refractivity contribution in [1.29, 1.82) is 0 Å². The average molecular weight is 537 g/mol. The van der Waals surface area contributed by atoms with Gasteiger partial charge in [0.15, 0.2) is 0 Å². The van der Waals surface area contributed by atoms with Crippen molar-refractivity contribution in [2.75, 3.05) is 6.54 Å². The molecule has 5 aromatic heterocycles. The lowest BCUT2D eigenvalue weighted by Crippen LogP contribution is -2.41. The van der Waals surface area contributed by atoms with Crippen molar-refractivity contribution in [1.82, 2.24) is 44.5 Å². The Labute approximate surface area is 206 Å². The average Bonchev–Trinajstić information content (AvgIpc) is 3.65. The third-order valence-electron chi connectivity index (χ3n) is 5.94. The van der Waals surface area contributed by atoms with E-state index < -0.39 is 41.9 Å². The number of nitrogens with zero attached hydrogens (tertiary/aromatic N) is 8. The molecule has 1 aliphatic heterocycles. The number of fused-ring (bicyclic) bond motifs is 2. The zero-order valence-corrected chi connectivity index (χ0v) is 18.7. The zero-order valence-electron chi connectivity index (χ0n) is 18.7. The van der Waals surface area contributed by atoms with Crippen LogP contribution in [-0.2, 0) is 18.9 Å². The number of hydrogen-bond donors (Lipinski definition) is 1. The highest BCUT2D eigenvalue weighted by Gasteiger charge is 2.40. The molecule has 0 fully saturated rings. The Morgan fingerprint density at radius 1 is 1.08 bits per heavy atom. The number of aromatic amines is 1. The van der Waals surface area contributed by atoms with Gasteiger partial charge in [-0.1, -0.05) is 6.07 Å². The van der Waals surface area contributed by atoms with Crippen LogP contribution in [0.3, 0.4) is 0 Å². The number of carbonyl (C=O) groups excluding carboxylic acids is 1. The van der Waals surface area contributed by atoms with Gasteiger partial charge in [-0.15, -0.1) is 23.4 Å². The van der Waals surface area contributed by atoms with Gasteiger partial charge in [-0.2, -0.15) is 28.1 Å². The maximum Gasteiger partial charge on any atom is 0.504 e. The van der Waals surface area contributed by atoms with Gasteiger partial charge >= 0.3 is 24.3 Å². The quantitative estimate of drug-likeness (QED) is 0.349. The van der Waals surface area contributed by atoms with Crippen LogP contribution in [0.25, 0.3) is 17.1 Å². The van der Waals surface area contributed by atoms with Crippen molar-refractivity contribution in [3.8, 4) is 11.6 Å². The fourth-order valence-electron chi connectivity index (χ4n) is 4.29. The Morgan fingerprint density at radius 2 is 1.89 bits per heavy atom. The van der Waals surface area contributed by atoms with Crippen molar-refractivity contribution < 1.29 is 35.6 Å². The molecule has 0 bridgehead atoms. The fraction of sp³-hybridized carbons (Fsp3) is 0.238. The second-order valence-corrected chi connectivity index (χ2v) is 8.26. The van der Waals surface area contributed by atoms with Crippen LogP contribution in [0.15, 0.2) is 47.3 Å². The molecular formula is C21H13F6N9O2. The Morgan fingerprint density at radius 3 is 2.63 bits per heavy atom. The molecule has 6 heterocycles. The number of aromatic nitrogens is 8. The summed E-state index contributed by atoms with van der Waals surface area (Å²) < 4.78 is 85.0. The summed E-state index contributed by atoms with van der Waals surface area (Å²) in [5.74, 6) is -1.79. The first kappa shape index (κ1) is 23.7. The monoisotopic (exact) mass is 537 g/mol. The van der Waals surface area contributed by atoms with E-state index in [-0.39, 0.29) is 28.1 Å². The Bertz CT molecular complexity index is 1660. The van der Waals surface area contributed by atoms with Gasteiger partial charge in [0.2, 0.25) is 0 Å². The third-order valence-corrected chi connectivity index (χ3v) is 5.94. The number of rotatable bonds is 3. The zero-order chi connectivity index (χ0) is 26.8. The molecule has 5 aromatic rings. The van der Waals surface area contributed by atoms with Gasteiger partial charge < -0.3 is 14.3 Å². The van der Waals surface area contributed by atoms with Crippen molar-refractivity contribution in [2.45, 2.75) is 24.9 Å². The van der Waals surface area contributed by atoms with Gasteiger partial charge in [0.1, 0.15) is 17.4 Å². The number of halogens is 6. The summed E-state index contributed by atoms with van der Waals surface area (Å²) in [5, 5.41) is 14.8. The molecule has 0 aliphatic carbocycles. The van der Waals surface area contributed by atoms with E-state index in [0.29, 0.717) is 24.0 Å². The van der Waals surface area contributed by atoms with Gasteiger partial charge in [0.25, 0.3) is 5.89 Å². The highest BCUT2D eigenvalue weighted by atomic mass is 19.4. The minimum absolute atomic E-state index is 0.0824. The van der Waals surface area contributed by atoms with Gasteiger partial charge in [-0.3, -0.25) is 4.79 Å². The number of nitrogens with one attached hydrogen (secondary N) is 1. The van der Waals surface area contributed by atoms with E-state index in [1.807, 2.05) is 0 Å². The first-order valence-corrected chi connectivity index (χ1v) is 10.9. The molecule has 1 aliphatic rings. The molecule has 0 spiro atoms.